The fourth-order valence-corrected chi connectivity index (χ4v) is 4.33. The van der Waals surface area contributed by atoms with Crippen molar-refractivity contribution in [1.82, 2.24) is 4.90 Å². The van der Waals surface area contributed by atoms with Crippen molar-refractivity contribution in [2.45, 2.75) is 9.79 Å². The lowest BCUT2D eigenvalue weighted by Gasteiger charge is -2.25. The summed E-state index contributed by atoms with van der Waals surface area (Å²) in [5.74, 6) is -1.11. The van der Waals surface area contributed by atoms with Crippen molar-refractivity contribution in [2.75, 3.05) is 26.3 Å². The molecule has 1 amide bonds. The first-order valence-electron chi connectivity index (χ1n) is 9.16. The molecule has 0 aromatic heterocycles. The number of carbonyl (C=O) groups excluding carboxylic acids is 1. The van der Waals surface area contributed by atoms with Gasteiger partial charge >= 0.3 is 5.97 Å². The summed E-state index contributed by atoms with van der Waals surface area (Å²) < 4.78 is 5.25. The summed E-state index contributed by atoms with van der Waals surface area (Å²) in [6.07, 6.45) is 5.77. The van der Waals surface area contributed by atoms with Crippen molar-refractivity contribution in [2.24, 2.45) is 0 Å². The van der Waals surface area contributed by atoms with E-state index in [0.29, 0.717) is 41.9 Å². The molecule has 2 aromatic carbocycles. The minimum Gasteiger partial charge on any atom is -0.478 e. The van der Waals surface area contributed by atoms with E-state index in [2.05, 4.69) is 0 Å². The molecule has 0 aliphatic carbocycles. The van der Waals surface area contributed by atoms with Crippen LogP contribution in [0.5, 0.6) is 0 Å². The molecule has 2 aromatic rings. The first kappa shape index (κ1) is 22.4. The zero-order chi connectivity index (χ0) is 21.5. The molecule has 8 heteroatoms. The number of carboxylic acid groups (broad SMARTS) is 1. The Hall–Kier alpha value is -2.25. The second-order valence-corrected chi connectivity index (χ2v) is 8.20. The second kappa shape index (κ2) is 10.7. The molecule has 1 aliphatic heterocycles. The maximum atomic E-state index is 12.3. The number of carbonyl (C=O) groups is 2. The Morgan fingerprint density at radius 3 is 2.37 bits per heavy atom. The van der Waals surface area contributed by atoms with Crippen molar-refractivity contribution < 1.29 is 19.4 Å². The van der Waals surface area contributed by atoms with Gasteiger partial charge in [-0.05, 0) is 35.4 Å². The van der Waals surface area contributed by atoms with E-state index in [1.807, 2.05) is 30.3 Å². The van der Waals surface area contributed by atoms with Gasteiger partial charge in [-0.3, -0.25) is 4.79 Å². The normalized spacial score (nSPS) is 14.5. The summed E-state index contributed by atoms with van der Waals surface area (Å²) in [7, 11) is 0. The molecule has 3 rings (SSSR count). The minimum atomic E-state index is -1.02. The van der Waals surface area contributed by atoms with Gasteiger partial charge in [0, 0.05) is 35.0 Å². The Morgan fingerprint density at radius 1 is 0.933 bits per heavy atom. The number of halogens is 2. The van der Waals surface area contributed by atoms with E-state index in [9.17, 15) is 9.59 Å². The Labute approximate surface area is 188 Å². The topological polar surface area (TPSA) is 66.8 Å². The first-order valence-corrected chi connectivity index (χ1v) is 10.7. The largest absolute Gasteiger partial charge is 0.478 e. The lowest BCUT2D eigenvalue weighted by atomic mass is 10.2. The van der Waals surface area contributed by atoms with E-state index in [0.717, 1.165) is 21.4 Å². The number of aliphatic carboxylic acids is 1. The number of hydrogen-bond acceptors (Lipinski definition) is 4. The highest BCUT2D eigenvalue weighted by Gasteiger charge is 2.15. The van der Waals surface area contributed by atoms with Crippen LogP contribution in [0.1, 0.15) is 11.1 Å². The number of amides is 1. The second-order valence-electron chi connectivity index (χ2n) is 6.36. The molecule has 156 valence electrons. The van der Waals surface area contributed by atoms with Crippen LogP contribution in [0.3, 0.4) is 0 Å². The number of ether oxygens (including phenoxy) is 1. The predicted octanol–water partition coefficient (Wildman–Crippen LogP) is 5.11. The Bertz CT molecular complexity index is 1000. The Morgan fingerprint density at radius 2 is 1.63 bits per heavy atom. The molecule has 0 spiro atoms. The quantitative estimate of drug-likeness (QED) is 0.602. The van der Waals surface area contributed by atoms with Crippen LogP contribution in [0, 0.1) is 0 Å². The molecule has 1 fully saturated rings. The van der Waals surface area contributed by atoms with Gasteiger partial charge in [-0.1, -0.05) is 59.2 Å². The number of morpholine rings is 1. The standard InChI is InChI=1S/C22H19Cl2NO4S/c23-21-16(6-9-19(26)25-11-13-29-14-12-25)5-8-18(22(21)24)30-17-4-2-1-3-15(17)7-10-20(27)28/h1-10H,11-14H2,(H,27,28)/b9-6+,10-7?. The number of rotatable bonds is 6. The van der Waals surface area contributed by atoms with Crippen LogP contribution in [-0.2, 0) is 14.3 Å². The van der Waals surface area contributed by atoms with Gasteiger partial charge in [0.25, 0.3) is 0 Å². The Kier molecular flexibility index (Phi) is 7.99. The summed E-state index contributed by atoms with van der Waals surface area (Å²) in [4.78, 5) is 26.4. The third kappa shape index (κ3) is 5.89. The summed E-state index contributed by atoms with van der Waals surface area (Å²) in [6.45, 7) is 2.23. The molecule has 1 heterocycles. The van der Waals surface area contributed by atoms with Crippen molar-refractivity contribution >= 4 is 59.0 Å². The highest BCUT2D eigenvalue weighted by molar-refractivity contribution is 7.99. The zero-order valence-corrected chi connectivity index (χ0v) is 18.2. The van der Waals surface area contributed by atoms with Crippen LogP contribution in [0.2, 0.25) is 10.0 Å². The Balaban J connectivity index is 1.78. The van der Waals surface area contributed by atoms with Crippen molar-refractivity contribution in [3.63, 3.8) is 0 Å². The molecule has 5 nitrogen and oxygen atoms in total. The molecular formula is C22H19Cl2NO4S. The highest BCUT2D eigenvalue weighted by Crippen LogP contribution is 2.40. The molecule has 0 bridgehead atoms. The zero-order valence-electron chi connectivity index (χ0n) is 15.9. The van der Waals surface area contributed by atoms with Gasteiger partial charge in [0.1, 0.15) is 0 Å². The molecule has 0 unspecified atom stereocenters. The van der Waals surface area contributed by atoms with Gasteiger partial charge in [0.2, 0.25) is 5.91 Å². The van der Waals surface area contributed by atoms with Gasteiger partial charge < -0.3 is 14.7 Å². The van der Waals surface area contributed by atoms with E-state index >= 15 is 0 Å². The molecule has 1 saturated heterocycles. The van der Waals surface area contributed by atoms with Crippen LogP contribution in [-0.4, -0.2) is 48.2 Å². The van der Waals surface area contributed by atoms with Crippen LogP contribution in [0.15, 0.2) is 58.3 Å². The summed E-state index contributed by atoms with van der Waals surface area (Å²) in [6, 6.07) is 11.0. The molecule has 1 N–H and O–H groups in total. The molecule has 0 saturated carbocycles. The summed E-state index contributed by atoms with van der Waals surface area (Å²) in [5.41, 5.74) is 1.41. The SMILES string of the molecule is O=C(O)C=Cc1ccccc1Sc1ccc(/C=C/C(=O)N2CCOCC2)c(Cl)c1Cl. The number of benzene rings is 2. The number of hydrogen-bond donors (Lipinski definition) is 1. The molecule has 0 radical (unpaired) electrons. The van der Waals surface area contributed by atoms with E-state index < -0.39 is 5.97 Å². The maximum Gasteiger partial charge on any atom is 0.328 e. The maximum absolute atomic E-state index is 12.3. The third-order valence-electron chi connectivity index (χ3n) is 4.35. The predicted molar refractivity (Wildman–Crippen MR) is 120 cm³/mol. The molecule has 0 atom stereocenters. The fourth-order valence-electron chi connectivity index (χ4n) is 2.80. The number of nitrogens with zero attached hydrogens (tertiary/aromatic N) is 1. The third-order valence-corrected chi connectivity index (χ3v) is 6.51. The fraction of sp³-hybridized carbons (Fsp3) is 0.182. The lowest BCUT2D eigenvalue weighted by Crippen LogP contribution is -2.39. The van der Waals surface area contributed by atoms with Crippen molar-refractivity contribution in [3.8, 4) is 0 Å². The summed E-state index contributed by atoms with van der Waals surface area (Å²) >= 11 is 14.3. The number of carboxylic acids is 1. The van der Waals surface area contributed by atoms with Crippen LogP contribution >= 0.6 is 35.0 Å². The van der Waals surface area contributed by atoms with E-state index in [1.54, 1.807) is 17.0 Å². The van der Waals surface area contributed by atoms with Gasteiger partial charge in [-0.15, -0.1) is 0 Å². The monoisotopic (exact) mass is 463 g/mol. The highest BCUT2D eigenvalue weighted by atomic mass is 35.5. The molecule has 1 aliphatic rings. The average molecular weight is 464 g/mol. The van der Waals surface area contributed by atoms with Crippen molar-refractivity contribution in [1.29, 1.82) is 0 Å². The van der Waals surface area contributed by atoms with E-state index in [1.165, 1.54) is 23.9 Å². The van der Waals surface area contributed by atoms with E-state index in [-0.39, 0.29) is 5.91 Å². The summed E-state index contributed by atoms with van der Waals surface area (Å²) in [5, 5.41) is 9.60. The van der Waals surface area contributed by atoms with Gasteiger partial charge in [0.15, 0.2) is 0 Å². The molecular weight excluding hydrogens is 445 g/mol. The average Bonchev–Trinajstić information content (AvgIpc) is 2.76. The van der Waals surface area contributed by atoms with Crippen LogP contribution in [0.25, 0.3) is 12.2 Å². The van der Waals surface area contributed by atoms with Crippen molar-refractivity contribution in [3.05, 3.63) is 69.7 Å². The first-order chi connectivity index (χ1) is 14.5. The molecule has 30 heavy (non-hydrogen) atoms. The van der Waals surface area contributed by atoms with Gasteiger partial charge in [-0.2, -0.15) is 0 Å². The smallest absolute Gasteiger partial charge is 0.328 e. The van der Waals surface area contributed by atoms with Gasteiger partial charge in [-0.25, -0.2) is 4.79 Å². The minimum absolute atomic E-state index is 0.0944. The van der Waals surface area contributed by atoms with Crippen LogP contribution in [0.4, 0.5) is 0 Å². The van der Waals surface area contributed by atoms with Crippen LogP contribution < -0.4 is 0 Å². The lowest BCUT2D eigenvalue weighted by molar-refractivity contribution is -0.131. The van der Waals surface area contributed by atoms with Gasteiger partial charge in [0.05, 0.1) is 23.3 Å². The van der Waals surface area contributed by atoms with E-state index in [4.69, 9.17) is 33.0 Å².